The van der Waals surface area contributed by atoms with Crippen molar-refractivity contribution in [2.75, 3.05) is 19.6 Å². The Morgan fingerprint density at radius 2 is 0.706 bits per heavy atom. The van der Waals surface area contributed by atoms with Crippen molar-refractivity contribution in [2.45, 2.75) is 174 Å². The maximum Gasteiger partial charge on any atom is 0.304 e. The van der Waals surface area contributed by atoms with E-state index >= 15 is 0 Å². The van der Waals surface area contributed by atoms with Gasteiger partial charge in [-0.05, 0) is 25.9 Å². The number of hydrogen-bond acceptors (Lipinski definition) is 2. The molecule has 3 nitrogen and oxygen atoms in total. The van der Waals surface area contributed by atoms with Gasteiger partial charge in [-0.3, -0.25) is 4.79 Å². The summed E-state index contributed by atoms with van der Waals surface area (Å²) < 4.78 is 0. The topological polar surface area (TPSA) is 40.5 Å². The standard InChI is InChI=1S/C31H63NO2/c1-3-5-7-9-11-13-15-17-19-21-23-25-28-32(30-27-31(33)34)29-26-24-22-20-18-16-14-12-10-8-6-4-2/h3-30H2,1-2H3,(H,33,34). The van der Waals surface area contributed by atoms with Crippen LogP contribution in [-0.2, 0) is 4.79 Å². The minimum absolute atomic E-state index is 0.288. The third kappa shape index (κ3) is 27.7. The summed E-state index contributed by atoms with van der Waals surface area (Å²) in [6.07, 6.45) is 33.3. The summed E-state index contributed by atoms with van der Waals surface area (Å²) in [5.74, 6) is -0.658. The van der Waals surface area contributed by atoms with Crippen LogP contribution in [0.4, 0.5) is 0 Å². The molecule has 204 valence electrons. The van der Waals surface area contributed by atoms with Crippen LogP contribution in [0.2, 0.25) is 0 Å². The monoisotopic (exact) mass is 481 g/mol. The maximum absolute atomic E-state index is 11.0. The lowest BCUT2D eigenvalue weighted by molar-refractivity contribution is -0.137. The Labute approximate surface area is 214 Å². The minimum Gasteiger partial charge on any atom is -0.481 e. The Hall–Kier alpha value is -0.570. The normalized spacial score (nSPS) is 11.5. The highest BCUT2D eigenvalue weighted by molar-refractivity contribution is 5.66. The van der Waals surface area contributed by atoms with Crippen molar-refractivity contribution in [3.05, 3.63) is 0 Å². The van der Waals surface area contributed by atoms with Gasteiger partial charge in [0.25, 0.3) is 0 Å². The lowest BCUT2D eigenvalue weighted by atomic mass is 10.0. The highest BCUT2D eigenvalue weighted by atomic mass is 16.4. The van der Waals surface area contributed by atoms with E-state index in [1.165, 1.54) is 154 Å². The second-order valence-electron chi connectivity index (χ2n) is 10.8. The Kier molecular flexibility index (Phi) is 28.2. The molecule has 0 aromatic rings. The first-order valence-electron chi connectivity index (χ1n) is 15.6. The van der Waals surface area contributed by atoms with Crippen LogP contribution in [0.25, 0.3) is 0 Å². The van der Waals surface area contributed by atoms with Gasteiger partial charge in [-0.25, -0.2) is 0 Å². The van der Waals surface area contributed by atoms with Gasteiger partial charge in [-0.1, -0.05) is 155 Å². The van der Waals surface area contributed by atoms with Gasteiger partial charge in [-0.2, -0.15) is 0 Å². The van der Waals surface area contributed by atoms with Crippen molar-refractivity contribution in [1.29, 1.82) is 0 Å². The van der Waals surface area contributed by atoms with Gasteiger partial charge in [0.15, 0.2) is 0 Å². The van der Waals surface area contributed by atoms with Crippen molar-refractivity contribution in [2.24, 2.45) is 0 Å². The molecule has 0 aromatic heterocycles. The van der Waals surface area contributed by atoms with Crippen LogP contribution < -0.4 is 0 Å². The van der Waals surface area contributed by atoms with Crippen LogP contribution in [0.15, 0.2) is 0 Å². The van der Waals surface area contributed by atoms with Crippen molar-refractivity contribution in [3.8, 4) is 0 Å². The average Bonchev–Trinajstić information content (AvgIpc) is 2.83. The molecule has 0 fully saturated rings. The summed E-state index contributed by atoms with van der Waals surface area (Å²) in [4.78, 5) is 13.4. The third-order valence-electron chi connectivity index (χ3n) is 7.30. The lowest BCUT2D eigenvalue weighted by Gasteiger charge is -2.21. The zero-order valence-corrected chi connectivity index (χ0v) is 23.6. The lowest BCUT2D eigenvalue weighted by Crippen LogP contribution is -2.28. The first-order chi connectivity index (χ1) is 16.7. The maximum atomic E-state index is 11.0. The van der Waals surface area contributed by atoms with Crippen LogP contribution >= 0.6 is 0 Å². The van der Waals surface area contributed by atoms with Crippen molar-refractivity contribution >= 4 is 5.97 Å². The molecule has 0 rings (SSSR count). The number of unbranched alkanes of at least 4 members (excludes halogenated alkanes) is 22. The molecule has 0 saturated carbocycles. The Morgan fingerprint density at radius 3 is 0.971 bits per heavy atom. The quantitative estimate of drug-likeness (QED) is 0.108. The molecule has 0 saturated heterocycles. The van der Waals surface area contributed by atoms with E-state index in [9.17, 15) is 4.79 Å². The summed E-state index contributed by atoms with van der Waals surface area (Å²) in [5.41, 5.74) is 0. The molecule has 0 amide bonds. The zero-order chi connectivity index (χ0) is 25.0. The molecular weight excluding hydrogens is 418 g/mol. The molecule has 0 heterocycles. The Balaban J connectivity index is 3.61. The SMILES string of the molecule is CCCCCCCCCCCCCCN(CCCCCCCCCCCCCC)CCC(=O)O. The van der Waals surface area contributed by atoms with Crippen molar-refractivity contribution in [3.63, 3.8) is 0 Å². The molecule has 3 heteroatoms. The number of carboxylic acid groups (broad SMARTS) is 1. The summed E-state index contributed by atoms with van der Waals surface area (Å²) in [7, 11) is 0. The fourth-order valence-electron chi connectivity index (χ4n) is 4.94. The molecule has 34 heavy (non-hydrogen) atoms. The number of carboxylic acids is 1. The minimum atomic E-state index is -0.658. The predicted octanol–water partition coefficient (Wildman–Crippen LogP) is 10.2. The van der Waals surface area contributed by atoms with Crippen molar-refractivity contribution in [1.82, 2.24) is 4.90 Å². The summed E-state index contributed by atoms with van der Waals surface area (Å²) in [6, 6.07) is 0. The number of aliphatic carboxylic acids is 1. The molecule has 0 unspecified atom stereocenters. The predicted molar refractivity (Wildman–Crippen MR) is 151 cm³/mol. The van der Waals surface area contributed by atoms with E-state index in [1.807, 2.05) is 0 Å². The molecule has 0 aromatic carbocycles. The van der Waals surface area contributed by atoms with Gasteiger partial charge < -0.3 is 10.0 Å². The van der Waals surface area contributed by atoms with Crippen molar-refractivity contribution < 1.29 is 9.90 Å². The Bertz CT molecular complexity index is 371. The molecule has 0 spiro atoms. The fraction of sp³-hybridized carbons (Fsp3) is 0.968. The molecule has 1 N–H and O–H groups in total. The second-order valence-corrected chi connectivity index (χ2v) is 10.8. The van der Waals surface area contributed by atoms with Gasteiger partial charge >= 0.3 is 5.97 Å². The first kappa shape index (κ1) is 33.4. The highest BCUT2D eigenvalue weighted by Crippen LogP contribution is 2.14. The molecular formula is C31H63NO2. The van der Waals surface area contributed by atoms with E-state index in [4.69, 9.17) is 5.11 Å². The largest absolute Gasteiger partial charge is 0.481 e. The summed E-state index contributed by atoms with van der Waals surface area (Å²) in [5, 5.41) is 9.08. The van der Waals surface area contributed by atoms with Crippen LogP contribution in [-0.4, -0.2) is 35.6 Å². The smallest absolute Gasteiger partial charge is 0.304 e. The number of nitrogens with zero attached hydrogens (tertiary/aromatic N) is 1. The van der Waals surface area contributed by atoms with E-state index < -0.39 is 5.97 Å². The highest BCUT2D eigenvalue weighted by Gasteiger charge is 2.07. The van der Waals surface area contributed by atoms with E-state index in [2.05, 4.69) is 18.7 Å². The van der Waals surface area contributed by atoms with Gasteiger partial charge in [0.1, 0.15) is 0 Å². The zero-order valence-electron chi connectivity index (χ0n) is 23.6. The van der Waals surface area contributed by atoms with Crippen LogP contribution in [0, 0.1) is 0 Å². The molecule has 0 aliphatic carbocycles. The molecule has 0 bridgehead atoms. The van der Waals surface area contributed by atoms with Gasteiger partial charge in [-0.15, -0.1) is 0 Å². The second kappa shape index (κ2) is 28.7. The Morgan fingerprint density at radius 1 is 0.441 bits per heavy atom. The van der Waals surface area contributed by atoms with E-state index in [0.717, 1.165) is 19.6 Å². The summed E-state index contributed by atoms with van der Waals surface area (Å²) >= 11 is 0. The van der Waals surface area contributed by atoms with Crippen LogP contribution in [0.1, 0.15) is 174 Å². The number of carbonyl (C=O) groups is 1. The van der Waals surface area contributed by atoms with Gasteiger partial charge in [0.05, 0.1) is 6.42 Å². The van der Waals surface area contributed by atoms with E-state index in [1.54, 1.807) is 0 Å². The van der Waals surface area contributed by atoms with Crippen LogP contribution in [0.3, 0.4) is 0 Å². The summed E-state index contributed by atoms with van der Waals surface area (Å²) in [6.45, 7) is 7.46. The van der Waals surface area contributed by atoms with Crippen LogP contribution in [0.5, 0.6) is 0 Å². The molecule has 0 aliphatic heterocycles. The first-order valence-corrected chi connectivity index (χ1v) is 15.6. The average molecular weight is 482 g/mol. The third-order valence-corrected chi connectivity index (χ3v) is 7.30. The van der Waals surface area contributed by atoms with Gasteiger partial charge in [0.2, 0.25) is 0 Å². The fourth-order valence-corrected chi connectivity index (χ4v) is 4.94. The van der Waals surface area contributed by atoms with E-state index in [0.29, 0.717) is 0 Å². The number of rotatable bonds is 29. The number of hydrogen-bond donors (Lipinski definition) is 1. The van der Waals surface area contributed by atoms with E-state index in [-0.39, 0.29) is 6.42 Å². The molecule has 0 atom stereocenters. The molecule has 0 aliphatic rings. The van der Waals surface area contributed by atoms with Gasteiger partial charge in [0, 0.05) is 6.54 Å². The molecule has 0 radical (unpaired) electrons.